The van der Waals surface area contributed by atoms with E-state index < -0.39 is 16.0 Å². The fourth-order valence-corrected chi connectivity index (χ4v) is 3.32. The van der Waals surface area contributed by atoms with E-state index in [1.54, 1.807) is 0 Å². The summed E-state index contributed by atoms with van der Waals surface area (Å²) in [6, 6.07) is 3.96. The van der Waals surface area contributed by atoms with E-state index in [1.165, 1.54) is 18.2 Å². The van der Waals surface area contributed by atoms with Crippen LogP contribution >= 0.6 is 0 Å². The van der Waals surface area contributed by atoms with Gasteiger partial charge in [-0.1, -0.05) is 26.7 Å². The van der Waals surface area contributed by atoms with Gasteiger partial charge in [-0.25, -0.2) is 18.4 Å². The number of hydrogen-bond acceptors (Lipinski definition) is 4. The van der Waals surface area contributed by atoms with Gasteiger partial charge in [0.15, 0.2) is 0 Å². The molecule has 0 aromatic heterocycles. The first-order valence-corrected chi connectivity index (χ1v) is 10.5. The zero-order chi connectivity index (χ0) is 18.9. The van der Waals surface area contributed by atoms with Crippen molar-refractivity contribution in [3.8, 4) is 0 Å². The Hall–Kier alpha value is -1.44. The van der Waals surface area contributed by atoms with Crippen molar-refractivity contribution >= 4 is 16.0 Å². The average molecular weight is 371 g/mol. The number of aryl methyl sites for hydroxylation is 1. The van der Waals surface area contributed by atoms with E-state index in [0.717, 1.165) is 51.7 Å². The largest absolute Gasteiger partial charge is 0.478 e. The summed E-state index contributed by atoms with van der Waals surface area (Å²) in [5, 5.41) is 14.5. The lowest BCUT2D eigenvalue weighted by molar-refractivity contribution is 0.0695. The molecule has 1 aromatic rings. The molecule has 0 fully saturated rings. The Morgan fingerprint density at radius 1 is 1.08 bits per heavy atom. The Kier molecular flexibility index (Phi) is 9.10. The zero-order valence-electron chi connectivity index (χ0n) is 15.2. The molecule has 142 valence electrons. The number of carbonyl (C=O) groups is 1. The summed E-state index contributed by atoms with van der Waals surface area (Å²) in [5.74, 6) is -1.05. The molecular formula is C18H30N2O4S. The van der Waals surface area contributed by atoms with Crippen molar-refractivity contribution < 1.29 is 18.3 Å². The van der Waals surface area contributed by atoms with E-state index in [9.17, 15) is 18.3 Å². The second-order valence-corrected chi connectivity index (χ2v) is 7.88. The lowest BCUT2D eigenvalue weighted by Gasteiger charge is -2.22. The summed E-state index contributed by atoms with van der Waals surface area (Å²) in [7, 11) is -3.84. The third-order valence-electron chi connectivity index (χ3n) is 4.21. The Morgan fingerprint density at radius 2 is 1.64 bits per heavy atom. The summed E-state index contributed by atoms with van der Waals surface area (Å²) < 4.78 is 23.0. The van der Waals surface area contributed by atoms with E-state index in [-0.39, 0.29) is 10.5 Å². The number of nitrogens with zero attached hydrogens (tertiary/aromatic N) is 1. The van der Waals surface area contributed by atoms with E-state index >= 15 is 0 Å². The molecule has 0 bridgehead atoms. The third-order valence-corrected chi connectivity index (χ3v) is 5.12. The lowest BCUT2D eigenvalue weighted by Crippen LogP contribution is -2.27. The number of unbranched alkanes of at least 4 members (excludes halogenated alkanes) is 2. The SMILES string of the molecule is CCCCN(CCCC)CCCc1cc(S(N)(=O)=O)ccc1C(=O)O. The minimum atomic E-state index is -3.84. The van der Waals surface area contributed by atoms with Gasteiger partial charge in [-0.3, -0.25) is 0 Å². The van der Waals surface area contributed by atoms with Gasteiger partial charge in [0.2, 0.25) is 10.0 Å². The molecule has 0 spiro atoms. The van der Waals surface area contributed by atoms with Gasteiger partial charge in [-0.15, -0.1) is 0 Å². The van der Waals surface area contributed by atoms with Crippen LogP contribution in [0.2, 0.25) is 0 Å². The molecule has 25 heavy (non-hydrogen) atoms. The zero-order valence-corrected chi connectivity index (χ0v) is 16.0. The Bertz CT molecular complexity index is 651. The molecule has 1 aromatic carbocycles. The molecule has 0 radical (unpaired) electrons. The van der Waals surface area contributed by atoms with Crippen LogP contribution in [0.15, 0.2) is 23.1 Å². The Labute approximate surface area is 151 Å². The number of aromatic carboxylic acids is 1. The van der Waals surface area contributed by atoms with Gasteiger partial charge in [0.05, 0.1) is 10.5 Å². The van der Waals surface area contributed by atoms with Crippen molar-refractivity contribution in [3.63, 3.8) is 0 Å². The predicted molar refractivity (Wildman–Crippen MR) is 99.4 cm³/mol. The van der Waals surface area contributed by atoms with Crippen LogP contribution in [0.5, 0.6) is 0 Å². The van der Waals surface area contributed by atoms with Crippen molar-refractivity contribution in [3.05, 3.63) is 29.3 Å². The van der Waals surface area contributed by atoms with Crippen LogP contribution in [0.25, 0.3) is 0 Å². The summed E-state index contributed by atoms with van der Waals surface area (Å²) in [6.07, 6.45) is 5.86. The van der Waals surface area contributed by atoms with Crippen molar-refractivity contribution in [2.45, 2.75) is 57.3 Å². The Morgan fingerprint density at radius 3 is 2.12 bits per heavy atom. The molecule has 0 aliphatic heterocycles. The van der Waals surface area contributed by atoms with Gasteiger partial charge in [-0.05, 0) is 69.1 Å². The summed E-state index contributed by atoms with van der Waals surface area (Å²) in [6.45, 7) is 7.28. The summed E-state index contributed by atoms with van der Waals surface area (Å²) in [5.41, 5.74) is 0.658. The standard InChI is InChI=1S/C18H30N2O4S/c1-3-5-11-20(12-6-4-2)13-7-8-15-14-16(25(19,23)24)9-10-17(15)18(21)22/h9-10,14H,3-8,11-13H2,1-2H3,(H,21,22)(H2,19,23,24). The fourth-order valence-electron chi connectivity index (χ4n) is 2.75. The second-order valence-electron chi connectivity index (χ2n) is 6.32. The molecule has 6 nitrogen and oxygen atoms in total. The molecule has 3 N–H and O–H groups in total. The van der Waals surface area contributed by atoms with Crippen LogP contribution in [0.3, 0.4) is 0 Å². The van der Waals surface area contributed by atoms with E-state index in [1.807, 2.05) is 0 Å². The van der Waals surface area contributed by atoms with Gasteiger partial charge in [0, 0.05) is 0 Å². The molecule has 0 unspecified atom stereocenters. The van der Waals surface area contributed by atoms with Crippen LogP contribution < -0.4 is 5.14 Å². The maximum Gasteiger partial charge on any atom is 0.335 e. The van der Waals surface area contributed by atoms with Crippen molar-refractivity contribution in [1.29, 1.82) is 0 Å². The number of carboxylic acids is 1. The number of carboxylic acid groups (broad SMARTS) is 1. The molecule has 1 rings (SSSR count). The fraction of sp³-hybridized carbons (Fsp3) is 0.611. The van der Waals surface area contributed by atoms with E-state index in [4.69, 9.17) is 5.14 Å². The highest BCUT2D eigenvalue weighted by Gasteiger charge is 2.15. The minimum absolute atomic E-state index is 0.0404. The van der Waals surface area contributed by atoms with Crippen molar-refractivity contribution in [1.82, 2.24) is 4.90 Å². The summed E-state index contributed by atoms with van der Waals surface area (Å²) in [4.78, 5) is 13.7. The first-order valence-electron chi connectivity index (χ1n) is 8.91. The molecular weight excluding hydrogens is 340 g/mol. The number of primary sulfonamides is 1. The topological polar surface area (TPSA) is 101 Å². The highest BCUT2D eigenvalue weighted by atomic mass is 32.2. The monoisotopic (exact) mass is 370 g/mol. The quantitative estimate of drug-likeness (QED) is 0.589. The highest BCUT2D eigenvalue weighted by Crippen LogP contribution is 2.17. The van der Waals surface area contributed by atoms with Gasteiger partial charge < -0.3 is 10.0 Å². The molecule has 0 saturated carbocycles. The third kappa shape index (κ3) is 7.54. The van der Waals surface area contributed by atoms with Gasteiger partial charge in [0.1, 0.15) is 0 Å². The predicted octanol–water partition coefficient (Wildman–Crippen LogP) is 2.87. The molecule has 0 heterocycles. The minimum Gasteiger partial charge on any atom is -0.478 e. The maximum atomic E-state index is 11.5. The van der Waals surface area contributed by atoms with Gasteiger partial charge in [-0.2, -0.15) is 0 Å². The van der Waals surface area contributed by atoms with E-state index in [0.29, 0.717) is 12.0 Å². The number of hydrogen-bond donors (Lipinski definition) is 2. The van der Waals surface area contributed by atoms with Crippen molar-refractivity contribution in [2.24, 2.45) is 5.14 Å². The smallest absolute Gasteiger partial charge is 0.335 e. The van der Waals surface area contributed by atoms with Crippen LogP contribution in [-0.4, -0.2) is 44.0 Å². The molecule has 0 saturated heterocycles. The first-order chi connectivity index (χ1) is 11.8. The number of nitrogens with two attached hydrogens (primary N) is 1. The Balaban J connectivity index is 2.80. The second kappa shape index (κ2) is 10.5. The number of benzene rings is 1. The van der Waals surface area contributed by atoms with Gasteiger partial charge >= 0.3 is 5.97 Å². The molecule has 0 amide bonds. The average Bonchev–Trinajstić information content (AvgIpc) is 2.55. The summed E-state index contributed by atoms with van der Waals surface area (Å²) >= 11 is 0. The number of rotatable bonds is 12. The van der Waals surface area contributed by atoms with Crippen LogP contribution in [0.1, 0.15) is 61.9 Å². The van der Waals surface area contributed by atoms with E-state index in [2.05, 4.69) is 18.7 Å². The van der Waals surface area contributed by atoms with Crippen LogP contribution in [-0.2, 0) is 16.4 Å². The maximum absolute atomic E-state index is 11.5. The normalized spacial score (nSPS) is 11.8. The highest BCUT2D eigenvalue weighted by molar-refractivity contribution is 7.89. The van der Waals surface area contributed by atoms with Crippen LogP contribution in [0, 0.1) is 0 Å². The molecule has 0 atom stereocenters. The lowest BCUT2D eigenvalue weighted by atomic mass is 10.0. The van der Waals surface area contributed by atoms with Crippen molar-refractivity contribution in [2.75, 3.05) is 19.6 Å². The van der Waals surface area contributed by atoms with Crippen LogP contribution in [0.4, 0.5) is 0 Å². The number of sulfonamides is 1. The first kappa shape index (κ1) is 21.6. The van der Waals surface area contributed by atoms with Gasteiger partial charge in [0.25, 0.3) is 0 Å². The molecule has 0 aliphatic carbocycles. The molecule has 7 heteroatoms. The molecule has 0 aliphatic rings.